The number of aromatic nitrogens is 6. The molecule has 0 spiro atoms. The molecule has 0 bridgehead atoms. The molecule has 12 atom stereocenters. The Balaban J connectivity index is 0.000000241. The van der Waals surface area contributed by atoms with Crippen LogP contribution in [0.3, 0.4) is 0 Å². The van der Waals surface area contributed by atoms with Crippen LogP contribution in [-0.2, 0) is 46.7 Å². The van der Waals surface area contributed by atoms with Crippen LogP contribution < -0.4 is 30.7 Å². The van der Waals surface area contributed by atoms with Crippen molar-refractivity contribution in [2.45, 2.75) is 128 Å². The number of nitriles is 2. The third-order valence-electron chi connectivity index (χ3n) is 13.0. The fourth-order valence-electron chi connectivity index (χ4n) is 8.51. The van der Waals surface area contributed by atoms with Crippen LogP contribution in [0.2, 0.25) is 0 Å². The van der Waals surface area contributed by atoms with E-state index in [2.05, 4.69) is 30.3 Å². The summed E-state index contributed by atoms with van der Waals surface area (Å²) in [7, 11) is -8.86. The molecular formula is C54H70N12O16P2. The average molecular weight is 1210 g/mol. The van der Waals surface area contributed by atoms with Crippen molar-refractivity contribution < 1.29 is 76.2 Å². The van der Waals surface area contributed by atoms with Crippen LogP contribution in [0, 0.1) is 33.5 Å². The van der Waals surface area contributed by atoms with E-state index in [4.69, 9.17) is 48.5 Å². The lowest BCUT2D eigenvalue weighted by atomic mass is 9.96. The second kappa shape index (κ2) is 26.4. The minimum absolute atomic E-state index is 0.122. The number of hydrogen-bond donors (Lipinski definition) is 8. The smallest absolute Gasteiger partial charge is 0.459 e. The maximum absolute atomic E-state index is 14.1. The molecule has 28 nitrogen and oxygen atoms in total. The highest BCUT2D eigenvalue weighted by molar-refractivity contribution is 7.52. The van der Waals surface area contributed by atoms with Crippen molar-refractivity contribution in [1.29, 1.82) is 10.5 Å². The average Bonchev–Trinajstić information content (AvgIpc) is 2.00. The molecule has 2 aliphatic heterocycles. The lowest BCUT2D eigenvalue weighted by molar-refractivity contribution is -0.149. The van der Waals surface area contributed by atoms with Gasteiger partial charge in [0.2, 0.25) is 11.2 Å². The second-order valence-electron chi connectivity index (χ2n) is 22.2. The van der Waals surface area contributed by atoms with Gasteiger partial charge in [0.05, 0.1) is 24.6 Å². The Labute approximate surface area is 484 Å². The van der Waals surface area contributed by atoms with Gasteiger partial charge in [-0.15, -0.1) is 0 Å². The molecule has 2 aliphatic rings. The van der Waals surface area contributed by atoms with Gasteiger partial charge >= 0.3 is 27.4 Å². The number of para-hydroxylation sites is 2. The van der Waals surface area contributed by atoms with E-state index in [0.29, 0.717) is 11.0 Å². The molecule has 8 rings (SSSR count). The summed E-state index contributed by atoms with van der Waals surface area (Å²) < 4.78 is 76.2. The summed E-state index contributed by atoms with van der Waals surface area (Å²) in [6.45, 7) is 13.4. The van der Waals surface area contributed by atoms with Crippen LogP contribution in [0.25, 0.3) is 11.0 Å². The number of nitrogens with two attached hydrogens (primary N) is 2. The fourth-order valence-corrected chi connectivity index (χ4v) is 11.7. The number of carbonyl (C=O) groups is 2. The monoisotopic (exact) mass is 1200 g/mol. The van der Waals surface area contributed by atoms with Gasteiger partial charge in [-0.1, -0.05) is 91.8 Å². The van der Waals surface area contributed by atoms with E-state index in [0.717, 1.165) is 0 Å². The van der Waals surface area contributed by atoms with Gasteiger partial charge < -0.3 is 59.9 Å². The van der Waals surface area contributed by atoms with E-state index >= 15 is 0 Å². The molecule has 2 fully saturated rings. The SMILES string of the molecule is CC[C@H](N[P@@](=O)(OC[C@@]1(C#N)O[C@@H](c2ccc3c(N)ncnn23)[C@H](O)[C@@H]1O)Oc1ccccc1)C(=O)OCC(C)(C)C.CC[C@H](N[P@](=O)(OC[C@@]1(C#N)O[C@@H](c2ccc3c(N)ncnn23)[C@H](O)[C@@H]1O)Oc1ccccc1)C(=O)OCC(C)(C)C. The van der Waals surface area contributed by atoms with Crippen molar-refractivity contribution >= 4 is 50.1 Å². The molecule has 6 heterocycles. The van der Waals surface area contributed by atoms with E-state index in [9.17, 15) is 49.7 Å². The highest BCUT2D eigenvalue weighted by atomic mass is 31.2. The molecule has 0 amide bonds. The summed E-state index contributed by atoms with van der Waals surface area (Å²) in [5.74, 6) is -0.680. The number of benzene rings is 2. The molecule has 0 radical (unpaired) electrons. The molecule has 84 heavy (non-hydrogen) atoms. The Morgan fingerprint density at radius 2 is 1.00 bits per heavy atom. The van der Waals surface area contributed by atoms with Crippen molar-refractivity contribution in [3.8, 4) is 23.6 Å². The Bertz CT molecular complexity index is 3200. The number of hydrogen-bond acceptors (Lipinski definition) is 24. The van der Waals surface area contributed by atoms with Crippen LogP contribution in [0.5, 0.6) is 11.5 Å². The number of anilines is 2. The fraction of sp³-hybridized carbons (Fsp3) is 0.481. The topological polar surface area (TPSA) is 407 Å². The minimum Gasteiger partial charge on any atom is -0.464 e. The normalized spacial score (nSPS) is 24.5. The van der Waals surface area contributed by atoms with Gasteiger partial charge in [0.15, 0.2) is 11.6 Å². The zero-order valence-electron chi connectivity index (χ0n) is 47.4. The van der Waals surface area contributed by atoms with Crippen LogP contribution in [0.1, 0.15) is 91.8 Å². The quantitative estimate of drug-likeness (QED) is 0.0325. The number of aliphatic hydroxyl groups is 4. The maximum Gasteiger partial charge on any atom is 0.459 e. The number of nitrogens with one attached hydrogen (secondary N) is 2. The van der Waals surface area contributed by atoms with Crippen molar-refractivity contribution in [3.63, 3.8) is 0 Å². The van der Waals surface area contributed by atoms with Gasteiger partial charge in [-0.05, 0) is 72.2 Å². The van der Waals surface area contributed by atoms with E-state index < -0.39 is 101 Å². The van der Waals surface area contributed by atoms with E-state index in [1.807, 2.05) is 53.7 Å². The zero-order valence-corrected chi connectivity index (χ0v) is 49.2. The Hall–Kier alpha value is -7.14. The number of aliphatic hydroxyl groups excluding tert-OH is 4. The number of rotatable bonds is 22. The number of carbonyl (C=O) groups excluding carboxylic acids is 2. The number of ether oxygens (including phenoxy) is 4. The van der Waals surface area contributed by atoms with E-state index in [1.54, 1.807) is 74.5 Å². The summed E-state index contributed by atoms with van der Waals surface area (Å²) in [5.41, 5.74) is 8.27. The summed E-state index contributed by atoms with van der Waals surface area (Å²) in [5, 5.41) is 77.5. The first-order chi connectivity index (χ1) is 39.6. The summed E-state index contributed by atoms with van der Waals surface area (Å²) in [6, 6.07) is 24.0. The van der Waals surface area contributed by atoms with Crippen molar-refractivity contribution in [2.24, 2.45) is 10.8 Å². The van der Waals surface area contributed by atoms with Crippen molar-refractivity contribution in [3.05, 3.63) is 109 Å². The molecule has 2 saturated heterocycles. The third kappa shape index (κ3) is 15.0. The van der Waals surface area contributed by atoms with Crippen LogP contribution in [0.15, 0.2) is 97.6 Å². The standard InChI is InChI=1S/2C27H35N6O8P/c2*1-5-18(25(36)38-14-26(2,3)4)32-42(37,41-17-9-7-6-8-10-17)39-15-27(13-28)23(35)21(34)22(40-27)19-11-12-20-24(29)30-16-31-33(19)20/h2*6-12,16,18,21-23,34-35H,5,14-15H2,1-4H3,(H,32,37)(H2,29,30,31)/t18-,21-,22-,23-,27+,42+;18-,21-,22-,23-,27+,42-/m00/s1. The molecule has 6 aromatic rings. The zero-order chi connectivity index (χ0) is 61.4. The highest BCUT2D eigenvalue weighted by Crippen LogP contribution is 2.51. The van der Waals surface area contributed by atoms with Crippen LogP contribution in [-0.4, -0.2) is 136 Å². The Morgan fingerprint density at radius 3 is 1.32 bits per heavy atom. The molecule has 2 aromatic carbocycles. The molecule has 0 aliphatic carbocycles. The molecule has 0 saturated carbocycles. The Kier molecular flexibility index (Phi) is 20.3. The first kappa shape index (κ1) is 64.4. The minimum atomic E-state index is -4.43. The van der Waals surface area contributed by atoms with Gasteiger partial charge in [0.1, 0.15) is 109 Å². The van der Waals surface area contributed by atoms with Crippen molar-refractivity contribution in [2.75, 3.05) is 37.9 Å². The van der Waals surface area contributed by atoms with Crippen LogP contribution >= 0.6 is 15.5 Å². The molecule has 10 N–H and O–H groups in total. The van der Waals surface area contributed by atoms with E-state index in [-0.39, 0.29) is 71.4 Å². The molecule has 30 heteroatoms. The summed E-state index contributed by atoms with van der Waals surface area (Å²) >= 11 is 0. The van der Waals surface area contributed by atoms with Gasteiger partial charge in [-0.2, -0.15) is 30.9 Å². The van der Waals surface area contributed by atoms with Crippen LogP contribution in [0.4, 0.5) is 11.6 Å². The largest absolute Gasteiger partial charge is 0.464 e. The molecule has 4 aromatic heterocycles. The number of nitrogens with zero attached hydrogens (tertiary/aromatic N) is 8. The molecule has 452 valence electrons. The first-order valence-electron chi connectivity index (χ1n) is 26.6. The predicted octanol–water partition coefficient (Wildman–Crippen LogP) is 5.06. The highest BCUT2D eigenvalue weighted by Gasteiger charge is 2.59. The molecular weight excluding hydrogens is 1130 g/mol. The molecule has 0 unspecified atom stereocenters. The van der Waals surface area contributed by atoms with Crippen molar-refractivity contribution in [1.82, 2.24) is 39.4 Å². The first-order valence-corrected chi connectivity index (χ1v) is 29.6. The summed E-state index contributed by atoms with van der Waals surface area (Å²) in [4.78, 5) is 33.5. The van der Waals surface area contributed by atoms with Gasteiger partial charge in [0, 0.05) is 0 Å². The predicted molar refractivity (Wildman–Crippen MR) is 300 cm³/mol. The number of fused-ring (bicyclic) bond motifs is 2. The van der Waals surface area contributed by atoms with Gasteiger partial charge in [-0.25, -0.2) is 28.1 Å². The summed E-state index contributed by atoms with van der Waals surface area (Å²) in [6.07, 6.45) is -6.48. The Morgan fingerprint density at radius 1 is 0.643 bits per heavy atom. The second-order valence-corrected chi connectivity index (χ2v) is 25.6. The maximum atomic E-state index is 14.1. The van der Waals surface area contributed by atoms with E-state index in [1.165, 1.54) is 46.0 Å². The lowest BCUT2D eigenvalue weighted by Crippen LogP contribution is -2.46. The third-order valence-corrected chi connectivity index (χ3v) is 16.1. The number of nitrogen functional groups attached to an aromatic ring is 2. The van der Waals surface area contributed by atoms with Gasteiger partial charge in [-0.3, -0.25) is 18.6 Å². The lowest BCUT2D eigenvalue weighted by Gasteiger charge is -2.29. The number of esters is 2. The van der Waals surface area contributed by atoms with Gasteiger partial charge in [0.25, 0.3) is 0 Å².